The Kier molecular flexibility index (Phi) is 5.40. The number of nitrogens with one attached hydrogen (secondary N) is 1. The first kappa shape index (κ1) is 18.6. The van der Waals surface area contributed by atoms with Gasteiger partial charge in [0.25, 0.3) is 5.91 Å². The van der Waals surface area contributed by atoms with Gasteiger partial charge in [0.15, 0.2) is 10.1 Å². The van der Waals surface area contributed by atoms with E-state index >= 15 is 0 Å². The number of carbonyl (C=O) groups excluding carboxylic acids is 1. The quantitative estimate of drug-likeness (QED) is 0.461. The summed E-state index contributed by atoms with van der Waals surface area (Å²) >= 11 is 3.09. The van der Waals surface area contributed by atoms with E-state index in [0.717, 1.165) is 26.0 Å². The fourth-order valence-corrected chi connectivity index (χ4v) is 4.71. The molecule has 0 fully saturated rings. The number of hydrogen-bond donors (Lipinski definition) is 1. The topological polar surface area (TPSA) is 80.9 Å². The summed E-state index contributed by atoms with van der Waals surface area (Å²) in [6.07, 6.45) is 1.71. The van der Waals surface area contributed by atoms with Gasteiger partial charge in [-0.25, -0.2) is 0 Å². The van der Waals surface area contributed by atoms with Gasteiger partial charge in [0.1, 0.15) is 10.6 Å². The van der Waals surface area contributed by atoms with Crippen molar-refractivity contribution in [3.8, 4) is 0 Å². The average Bonchev–Trinajstić information content (AvgIpc) is 3.30. The monoisotopic (exact) mass is 410 g/mol. The smallest absolute Gasteiger partial charge is 0.287 e. The first-order chi connectivity index (χ1) is 13.6. The number of aryl methyl sites for hydroxylation is 1. The molecule has 0 radical (unpaired) electrons. The largest absolute Gasteiger partial charge is 0.451 e. The second kappa shape index (κ2) is 8.12. The van der Waals surface area contributed by atoms with Crippen molar-refractivity contribution in [2.45, 2.75) is 30.0 Å². The van der Waals surface area contributed by atoms with Crippen LogP contribution >= 0.6 is 23.1 Å². The molecular weight excluding hydrogens is 392 g/mol. The number of hydrogen-bond acceptors (Lipinski definition) is 7. The van der Waals surface area contributed by atoms with Gasteiger partial charge < -0.3 is 9.73 Å². The van der Waals surface area contributed by atoms with E-state index in [1.165, 1.54) is 11.3 Å². The maximum atomic E-state index is 13.0. The Hall–Kier alpha value is -2.71. The van der Waals surface area contributed by atoms with Gasteiger partial charge in [-0.05, 0) is 32.0 Å². The zero-order valence-corrected chi connectivity index (χ0v) is 17.0. The minimum Gasteiger partial charge on any atom is -0.451 e. The minimum atomic E-state index is -0.251. The van der Waals surface area contributed by atoms with Crippen molar-refractivity contribution in [3.05, 3.63) is 70.7 Å². The molecule has 0 aliphatic heterocycles. The second-order valence-electron chi connectivity index (χ2n) is 6.23. The molecule has 3 aromatic heterocycles. The van der Waals surface area contributed by atoms with Gasteiger partial charge >= 0.3 is 0 Å². The zero-order chi connectivity index (χ0) is 19.5. The van der Waals surface area contributed by atoms with E-state index < -0.39 is 0 Å². The lowest BCUT2D eigenvalue weighted by molar-refractivity contribution is 0.0912. The maximum absolute atomic E-state index is 13.0. The molecule has 1 aromatic carbocycles. The lowest BCUT2D eigenvalue weighted by atomic mass is 10.1. The Bertz CT molecular complexity index is 1110. The van der Waals surface area contributed by atoms with Crippen LogP contribution in [0, 0.1) is 6.92 Å². The van der Waals surface area contributed by atoms with Crippen LogP contribution in [0.25, 0.3) is 11.0 Å². The van der Waals surface area contributed by atoms with Crippen molar-refractivity contribution < 1.29 is 9.21 Å². The van der Waals surface area contributed by atoms with Crippen LogP contribution in [0.1, 0.15) is 39.8 Å². The van der Waals surface area contributed by atoms with E-state index in [1.807, 2.05) is 56.3 Å². The number of nitrogens with zero attached hydrogens (tertiary/aromatic N) is 3. The Morgan fingerprint density at radius 2 is 2.04 bits per heavy atom. The Balaban J connectivity index is 1.61. The van der Waals surface area contributed by atoms with Crippen LogP contribution in [-0.4, -0.2) is 21.1 Å². The molecule has 0 spiro atoms. The summed E-state index contributed by atoms with van der Waals surface area (Å²) < 4.78 is 6.78. The van der Waals surface area contributed by atoms with Crippen LogP contribution in [0.2, 0.25) is 0 Å². The van der Waals surface area contributed by atoms with Gasteiger partial charge in [-0.15, -0.1) is 10.2 Å². The summed E-state index contributed by atoms with van der Waals surface area (Å²) in [7, 11) is 0. The van der Waals surface area contributed by atoms with Crippen molar-refractivity contribution in [3.63, 3.8) is 0 Å². The normalized spacial score (nSPS) is 12.2. The molecule has 0 aliphatic rings. The summed E-state index contributed by atoms with van der Waals surface area (Å²) in [5.74, 6) is 0.655. The van der Waals surface area contributed by atoms with E-state index in [4.69, 9.17) is 4.42 Å². The number of furan rings is 1. The highest BCUT2D eigenvalue weighted by molar-refractivity contribution is 8.00. The second-order valence-corrected chi connectivity index (χ2v) is 8.64. The highest BCUT2D eigenvalue weighted by Crippen LogP contribution is 2.33. The predicted octanol–water partition coefficient (Wildman–Crippen LogP) is 4.77. The minimum absolute atomic E-state index is 0.228. The van der Waals surface area contributed by atoms with E-state index in [-0.39, 0.29) is 11.9 Å². The molecule has 6 nitrogen and oxygen atoms in total. The van der Waals surface area contributed by atoms with E-state index in [9.17, 15) is 4.79 Å². The molecule has 1 atom stereocenters. The average molecular weight is 411 g/mol. The van der Waals surface area contributed by atoms with Crippen molar-refractivity contribution in [2.24, 2.45) is 0 Å². The maximum Gasteiger partial charge on any atom is 0.287 e. The van der Waals surface area contributed by atoms with Crippen LogP contribution in [0.4, 0.5) is 0 Å². The number of rotatable bonds is 6. The van der Waals surface area contributed by atoms with Gasteiger partial charge in [-0.1, -0.05) is 47.4 Å². The fraction of sp³-hybridized carbons (Fsp3) is 0.200. The molecular formula is C20H18N4O2S2. The predicted molar refractivity (Wildman–Crippen MR) is 111 cm³/mol. The number of para-hydroxylation sites is 1. The molecule has 3 heterocycles. The molecule has 1 amide bonds. The third kappa shape index (κ3) is 3.93. The number of aromatic nitrogens is 3. The number of benzene rings is 1. The van der Waals surface area contributed by atoms with Crippen LogP contribution in [0.3, 0.4) is 0 Å². The van der Waals surface area contributed by atoms with Crippen molar-refractivity contribution in [2.75, 3.05) is 0 Å². The number of carbonyl (C=O) groups is 1. The van der Waals surface area contributed by atoms with Gasteiger partial charge in [0.2, 0.25) is 0 Å². The van der Waals surface area contributed by atoms with Crippen molar-refractivity contribution in [1.82, 2.24) is 20.5 Å². The van der Waals surface area contributed by atoms with Crippen LogP contribution in [-0.2, 0) is 5.75 Å². The van der Waals surface area contributed by atoms with Crippen LogP contribution < -0.4 is 5.32 Å². The third-order valence-electron chi connectivity index (χ3n) is 4.23. The van der Waals surface area contributed by atoms with E-state index in [2.05, 4.69) is 20.5 Å². The third-order valence-corrected chi connectivity index (χ3v) is 6.23. The Morgan fingerprint density at radius 3 is 2.79 bits per heavy atom. The zero-order valence-electron chi connectivity index (χ0n) is 15.4. The SMILES string of the molecule is Cc1nnc(SCc2c(C(=O)N[C@H](C)c3ccccn3)oc3ccccc23)s1. The molecule has 8 heteroatoms. The summed E-state index contributed by atoms with van der Waals surface area (Å²) in [5.41, 5.74) is 2.36. The van der Waals surface area contributed by atoms with Gasteiger partial charge in [0, 0.05) is 22.9 Å². The highest BCUT2D eigenvalue weighted by Gasteiger charge is 2.23. The molecule has 0 saturated carbocycles. The standard InChI is InChI=1S/C20H18N4O2S2/c1-12(16-8-5-6-10-21-16)22-19(25)18-15(11-27-20-24-23-13(2)28-20)14-7-3-4-9-17(14)26-18/h3-10,12H,11H2,1-2H3,(H,22,25)/t12-/m1/s1. The molecule has 4 rings (SSSR count). The lowest BCUT2D eigenvalue weighted by Crippen LogP contribution is -2.27. The summed E-state index contributed by atoms with van der Waals surface area (Å²) in [5, 5.41) is 13.0. The van der Waals surface area contributed by atoms with Gasteiger partial charge in [-0.2, -0.15) is 0 Å². The van der Waals surface area contributed by atoms with Crippen molar-refractivity contribution in [1.29, 1.82) is 0 Å². The molecule has 0 aliphatic carbocycles. The molecule has 1 N–H and O–H groups in total. The first-order valence-electron chi connectivity index (χ1n) is 8.77. The van der Waals surface area contributed by atoms with Crippen LogP contribution in [0.15, 0.2) is 57.4 Å². The Labute approximate surface area is 170 Å². The van der Waals surface area contributed by atoms with Crippen molar-refractivity contribution >= 4 is 40.0 Å². The lowest BCUT2D eigenvalue weighted by Gasteiger charge is -2.12. The molecule has 28 heavy (non-hydrogen) atoms. The fourth-order valence-electron chi connectivity index (χ4n) is 2.86. The summed E-state index contributed by atoms with van der Waals surface area (Å²) in [6.45, 7) is 3.83. The first-order valence-corrected chi connectivity index (χ1v) is 10.6. The number of fused-ring (bicyclic) bond motifs is 1. The molecule has 0 unspecified atom stereocenters. The van der Waals surface area contributed by atoms with Gasteiger partial charge in [0.05, 0.1) is 11.7 Å². The summed E-state index contributed by atoms with van der Waals surface area (Å²) in [4.78, 5) is 17.3. The highest BCUT2D eigenvalue weighted by atomic mass is 32.2. The van der Waals surface area contributed by atoms with Crippen LogP contribution in [0.5, 0.6) is 0 Å². The number of pyridine rings is 1. The van der Waals surface area contributed by atoms with Gasteiger partial charge in [-0.3, -0.25) is 9.78 Å². The van der Waals surface area contributed by atoms with E-state index in [1.54, 1.807) is 18.0 Å². The molecule has 142 valence electrons. The molecule has 4 aromatic rings. The van der Waals surface area contributed by atoms with E-state index in [0.29, 0.717) is 17.1 Å². The molecule has 0 bridgehead atoms. The number of thioether (sulfide) groups is 1. The number of amides is 1. The molecule has 0 saturated heterocycles. The Morgan fingerprint density at radius 1 is 1.21 bits per heavy atom. The summed E-state index contributed by atoms with van der Waals surface area (Å²) in [6, 6.07) is 13.1.